The lowest BCUT2D eigenvalue weighted by molar-refractivity contribution is -0.118. The van der Waals surface area contributed by atoms with Crippen LogP contribution in [0.5, 0.6) is 0 Å². The van der Waals surface area contributed by atoms with Gasteiger partial charge in [0.25, 0.3) is 0 Å². The molecule has 3 nitrogen and oxygen atoms in total. The number of nitrogens with zero attached hydrogens (tertiary/aromatic N) is 2. The van der Waals surface area contributed by atoms with Crippen molar-refractivity contribution in [3.63, 3.8) is 0 Å². The van der Waals surface area contributed by atoms with Crippen molar-refractivity contribution in [3.05, 3.63) is 59.1 Å². The largest absolute Gasteiger partial charge is 0.310 e. The minimum Gasteiger partial charge on any atom is -0.310 e. The second kappa shape index (κ2) is 6.44. The van der Waals surface area contributed by atoms with Gasteiger partial charge in [-0.3, -0.25) is 9.78 Å². The third-order valence-corrected chi connectivity index (χ3v) is 4.06. The van der Waals surface area contributed by atoms with E-state index in [9.17, 15) is 9.18 Å². The molecular formula is C17H16ClFN2O. The van der Waals surface area contributed by atoms with Gasteiger partial charge in [-0.1, -0.05) is 23.7 Å². The summed E-state index contributed by atoms with van der Waals surface area (Å²) in [5, 5.41) is 0.0421. The fourth-order valence-corrected chi connectivity index (χ4v) is 2.56. The molecule has 114 valence electrons. The molecule has 1 fully saturated rings. The average Bonchev–Trinajstić information content (AvgIpc) is 3.34. The Morgan fingerprint density at radius 3 is 2.82 bits per heavy atom. The topological polar surface area (TPSA) is 33.2 Å². The minimum atomic E-state index is -0.518. The predicted octanol–water partition coefficient (Wildman–Crippen LogP) is 3.86. The van der Waals surface area contributed by atoms with Crippen molar-refractivity contribution >= 4 is 23.2 Å². The fraction of sp³-hybridized carbons (Fsp3) is 0.294. The predicted molar refractivity (Wildman–Crippen MR) is 84.4 cm³/mol. The first-order chi connectivity index (χ1) is 10.6. The smallest absolute Gasteiger partial charge is 0.231 e. The van der Waals surface area contributed by atoms with Gasteiger partial charge in [-0.25, -0.2) is 4.39 Å². The third kappa shape index (κ3) is 3.45. The van der Waals surface area contributed by atoms with Crippen LogP contribution in [-0.4, -0.2) is 17.4 Å². The first kappa shape index (κ1) is 15.0. The van der Waals surface area contributed by atoms with Gasteiger partial charge in [0.15, 0.2) is 0 Å². The molecule has 0 aliphatic heterocycles. The van der Waals surface area contributed by atoms with Gasteiger partial charge < -0.3 is 4.90 Å². The van der Waals surface area contributed by atoms with Crippen LogP contribution >= 0.6 is 11.6 Å². The quantitative estimate of drug-likeness (QED) is 0.838. The molecule has 0 unspecified atom stereocenters. The molecule has 0 radical (unpaired) electrons. The van der Waals surface area contributed by atoms with Crippen molar-refractivity contribution in [1.82, 2.24) is 4.98 Å². The molecule has 2 aromatic rings. The van der Waals surface area contributed by atoms with Crippen LogP contribution in [0, 0.1) is 11.7 Å². The second-order valence-electron chi connectivity index (χ2n) is 5.55. The van der Waals surface area contributed by atoms with Gasteiger partial charge in [-0.15, -0.1) is 0 Å². The number of hydrogen-bond acceptors (Lipinski definition) is 2. The van der Waals surface area contributed by atoms with Gasteiger partial charge in [-0.05, 0) is 42.5 Å². The Morgan fingerprint density at radius 1 is 1.32 bits per heavy atom. The number of amides is 1. The molecule has 0 N–H and O–H groups in total. The van der Waals surface area contributed by atoms with Crippen molar-refractivity contribution in [2.24, 2.45) is 5.92 Å². The van der Waals surface area contributed by atoms with E-state index in [2.05, 4.69) is 4.98 Å². The highest BCUT2D eigenvalue weighted by Gasteiger charge is 2.28. The molecule has 1 aliphatic rings. The lowest BCUT2D eigenvalue weighted by Crippen LogP contribution is -2.34. The zero-order valence-electron chi connectivity index (χ0n) is 12.0. The van der Waals surface area contributed by atoms with Crippen LogP contribution in [-0.2, 0) is 11.2 Å². The number of halogens is 2. The monoisotopic (exact) mass is 318 g/mol. The zero-order valence-corrected chi connectivity index (χ0v) is 12.8. The van der Waals surface area contributed by atoms with Gasteiger partial charge >= 0.3 is 0 Å². The molecule has 1 amide bonds. The molecule has 1 aromatic heterocycles. The summed E-state index contributed by atoms with van der Waals surface area (Å²) < 4.78 is 14.0. The highest BCUT2D eigenvalue weighted by Crippen LogP contribution is 2.31. The highest BCUT2D eigenvalue weighted by molar-refractivity contribution is 6.30. The maximum absolute atomic E-state index is 14.0. The van der Waals surface area contributed by atoms with E-state index in [1.807, 2.05) is 6.07 Å². The Kier molecular flexibility index (Phi) is 4.39. The van der Waals surface area contributed by atoms with Crippen LogP contribution in [0.1, 0.15) is 18.4 Å². The van der Waals surface area contributed by atoms with Crippen LogP contribution in [0.15, 0.2) is 42.7 Å². The summed E-state index contributed by atoms with van der Waals surface area (Å²) in [6.45, 7) is 0.659. The standard InChI is InChI=1S/C17H16ClFN2O/c18-15-5-1-3-13(17(15)19)9-16(22)21(11-12-6-7-12)14-4-2-8-20-10-14/h1-5,8,10,12H,6-7,9,11H2. The molecule has 0 bridgehead atoms. The van der Waals surface area contributed by atoms with Crippen LogP contribution in [0.25, 0.3) is 0 Å². The van der Waals surface area contributed by atoms with E-state index in [0.29, 0.717) is 18.0 Å². The van der Waals surface area contributed by atoms with Crippen molar-refractivity contribution in [2.45, 2.75) is 19.3 Å². The lowest BCUT2D eigenvalue weighted by atomic mass is 10.1. The summed E-state index contributed by atoms with van der Waals surface area (Å²) in [5.41, 5.74) is 1.07. The van der Waals surface area contributed by atoms with Gasteiger partial charge in [0.05, 0.1) is 23.3 Å². The van der Waals surface area contributed by atoms with E-state index in [0.717, 1.165) is 18.5 Å². The maximum Gasteiger partial charge on any atom is 0.231 e. The van der Waals surface area contributed by atoms with Crippen molar-refractivity contribution in [1.29, 1.82) is 0 Å². The summed E-state index contributed by atoms with van der Waals surface area (Å²) in [6.07, 6.45) is 5.59. The van der Waals surface area contributed by atoms with Gasteiger partial charge in [0.1, 0.15) is 5.82 Å². The van der Waals surface area contributed by atoms with E-state index < -0.39 is 5.82 Å². The zero-order chi connectivity index (χ0) is 15.5. The molecule has 5 heteroatoms. The summed E-state index contributed by atoms with van der Waals surface area (Å²) >= 11 is 5.78. The van der Waals surface area contributed by atoms with Gasteiger partial charge in [0.2, 0.25) is 5.91 Å². The van der Waals surface area contributed by atoms with Crippen LogP contribution in [0.2, 0.25) is 5.02 Å². The Hall–Kier alpha value is -1.94. The molecule has 0 spiro atoms. The Bertz CT molecular complexity index is 674. The number of rotatable bonds is 5. The van der Waals surface area contributed by atoms with E-state index in [-0.39, 0.29) is 17.4 Å². The Labute approximate surface area is 133 Å². The van der Waals surface area contributed by atoms with Crippen molar-refractivity contribution in [2.75, 3.05) is 11.4 Å². The molecule has 3 rings (SSSR count). The number of carbonyl (C=O) groups excluding carboxylic acids is 1. The SMILES string of the molecule is O=C(Cc1cccc(Cl)c1F)N(CC1CC1)c1cccnc1. The number of benzene rings is 1. The highest BCUT2D eigenvalue weighted by atomic mass is 35.5. The normalized spacial score (nSPS) is 13.9. The minimum absolute atomic E-state index is 0.00594. The second-order valence-corrected chi connectivity index (χ2v) is 5.96. The van der Waals surface area contributed by atoms with Crippen LogP contribution < -0.4 is 4.90 Å². The van der Waals surface area contributed by atoms with E-state index in [1.54, 1.807) is 35.5 Å². The lowest BCUT2D eigenvalue weighted by Gasteiger charge is -2.22. The number of carbonyl (C=O) groups is 1. The molecule has 0 atom stereocenters. The third-order valence-electron chi connectivity index (χ3n) is 3.77. The fourth-order valence-electron chi connectivity index (χ4n) is 2.37. The number of aromatic nitrogens is 1. The van der Waals surface area contributed by atoms with E-state index >= 15 is 0 Å². The van der Waals surface area contributed by atoms with Gasteiger partial charge in [-0.2, -0.15) is 0 Å². The molecule has 1 saturated carbocycles. The first-order valence-corrected chi connectivity index (χ1v) is 7.66. The van der Waals surface area contributed by atoms with Crippen LogP contribution in [0.3, 0.4) is 0 Å². The average molecular weight is 319 g/mol. The summed E-state index contributed by atoms with van der Waals surface area (Å²) in [4.78, 5) is 18.4. The van der Waals surface area contributed by atoms with Crippen molar-refractivity contribution in [3.8, 4) is 0 Å². The molecule has 1 aromatic carbocycles. The van der Waals surface area contributed by atoms with E-state index in [1.165, 1.54) is 6.07 Å². The molecule has 0 saturated heterocycles. The van der Waals surface area contributed by atoms with Crippen molar-refractivity contribution < 1.29 is 9.18 Å². The first-order valence-electron chi connectivity index (χ1n) is 7.28. The molecular weight excluding hydrogens is 303 g/mol. The maximum atomic E-state index is 14.0. The molecule has 1 heterocycles. The molecule has 1 aliphatic carbocycles. The number of hydrogen-bond donors (Lipinski definition) is 0. The van der Waals surface area contributed by atoms with E-state index in [4.69, 9.17) is 11.6 Å². The summed E-state index contributed by atoms with van der Waals surface area (Å²) in [5.74, 6) is -0.121. The summed E-state index contributed by atoms with van der Waals surface area (Å²) in [7, 11) is 0. The molecule has 22 heavy (non-hydrogen) atoms. The van der Waals surface area contributed by atoms with Gasteiger partial charge in [0, 0.05) is 12.7 Å². The Morgan fingerprint density at radius 2 is 2.14 bits per heavy atom. The Balaban J connectivity index is 1.81. The number of anilines is 1. The number of pyridine rings is 1. The summed E-state index contributed by atoms with van der Waals surface area (Å²) in [6, 6.07) is 8.37. The van der Waals surface area contributed by atoms with Crippen LogP contribution in [0.4, 0.5) is 10.1 Å².